The highest BCUT2D eigenvalue weighted by Gasteiger charge is 2.06. The molecule has 0 bridgehead atoms. The normalized spacial score (nSPS) is 11.1. The van der Waals surface area contributed by atoms with E-state index in [4.69, 9.17) is 5.73 Å². The molecule has 0 saturated heterocycles. The molecule has 2 N–H and O–H groups in total. The van der Waals surface area contributed by atoms with Crippen LogP contribution in [0.1, 0.15) is 12.0 Å². The van der Waals surface area contributed by atoms with Crippen molar-refractivity contribution in [3.05, 3.63) is 42.0 Å². The van der Waals surface area contributed by atoms with E-state index in [-0.39, 0.29) is 5.56 Å². The standard InChI is InChI=1S/C11H9F2N/c12-11(13)8-2-1-7-3-4-10(14)6-9(7)5-8/h1-6,11H,14H2. The molecular weight excluding hydrogens is 184 g/mol. The third-order valence-electron chi connectivity index (χ3n) is 2.14. The summed E-state index contributed by atoms with van der Waals surface area (Å²) in [6, 6.07) is 9.85. The first-order valence-electron chi connectivity index (χ1n) is 4.24. The van der Waals surface area contributed by atoms with Gasteiger partial charge in [0.25, 0.3) is 6.43 Å². The molecule has 0 heterocycles. The van der Waals surface area contributed by atoms with Crippen molar-refractivity contribution in [3.63, 3.8) is 0 Å². The van der Waals surface area contributed by atoms with Crippen molar-refractivity contribution in [2.24, 2.45) is 0 Å². The number of anilines is 1. The number of alkyl halides is 2. The van der Waals surface area contributed by atoms with Gasteiger partial charge in [-0.3, -0.25) is 0 Å². The van der Waals surface area contributed by atoms with Gasteiger partial charge in [0.2, 0.25) is 0 Å². The van der Waals surface area contributed by atoms with Gasteiger partial charge < -0.3 is 5.73 Å². The predicted molar refractivity (Wildman–Crippen MR) is 53.3 cm³/mol. The molecule has 2 aromatic carbocycles. The maximum atomic E-state index is 12.4. The highest BCUT2D eigenvalue weighted by Crippen LogP contribution is 2.24. The summed E-state index contributed by atoms with van der Waals surface area (Å²) in [6.07, 6.45) is -2.43. The van der Waals surface area contributed by atoms with Crippen LogP contribution in [-0.4, -0.2) is 0 Å². The summed E-state index contributed by atoms with van der Waals surface area (Å²) in [4.78, 5) is 0. The van der Waals surface area contributed by atoms with E-state index < -0.39 is 6.43 Å². The van der Waals surface area contributed by atoms with E-state index >= 15 is 0 Å². The molecule has 2 rings (SSSR count). The first kappa shape index (κ1) is 8.94. The summed E-state index contributed by atoms with van der Waals surface area (Å²) in [6.45, 7) is 0. The third-order valence-corrected chi connectivity index (χ3v) is 2.14. The number of fused-ring (bicyclic) bond motifs is 1. The van der Waals surface area contributed by atoms with Gasteiger partial charge in [-0.1, -0.05) is 18.2 Å². The van der Waals surface area contributed by atoms with E-state index in [1.807, 2.05) is 6.07 Å². The smallest absolute Gasteiger partial charge is 0.263 e. The number of hydrogen-bond acceptors (Lipinski definition) is 1. The molecule has 0 saturated carbocycles. The van der Waals surface area contributed by atoms with Gasteiger partial charge in [-0.2, -0.15) is 0 Å². The van der Waals surface area contributed by atoms with E-state index in [1.54, 1.807) is 18.2 Å². The van der Waals surface area contributed by atoms with Crippen LogP contribution in [-0.2, 0) is 0 Å². The van der Waals surface area contributed by atoms with Gasteiger partial charge in [-0.25, -0.2) is 8.78 Å². The highest BCUT2D eigenvalue weighted by atomic mass is 19.3. The fraction of sp³-hybridized carbons (Fsp3) is 0.0909. The molecule has 0 radical (unpaired) electrons. The molecule has 0 fully saturated rings. The lowest BCUT2D eigenvalue weighted by molar-refractivity contribution is 0.151. The lowest BCUT2D eigenvalue weighted by atomic mass is 10.1. The maximum absolute atomic E-state index is 12.4. The van der Waals surface area contributed by atoms with E-state index in [9.17, 15) is 8.78 Å². The second kappa shape index (κ2) is 3.25. The Morgan fingerprint density at radius 1 is 0.929 bits per heavy atom. The van der Waals surface area contributed by atoms with Gasteiger partial charge in [0, 0.05) is 11.3 Å². The molecule has 14 heavy (non-hydrogen) atoms. The van der Waals surface area contributed by atoms with E-state index in [0.717, 1.165) is 10.8 Å². The molecule has 72 valence electrons. The Balaban J connectivity index is 2.63. The Bertz CT molecular complexity index is 466. The molecule has 1 nitrogen and oxygen atoms in total. The Morgan fingerprint density at radius 3 is 2.36 bits per heavy atom. The largest absolute Gasteiger partial charge is 0.399 e. The molecule has 2 aromatic rings. The predicted octanol–water partition coefficient (Wildman–Crippen LogP) is 3.36. The monoisotopic (exact) mass is 193 g/mol. The van der Waals surface area contributed by atoms with E-state index in [1.165, 1.54) is 12.1 Å². The van der Waals surface area contributed by atoms with Crippen molar-refractivity contribution in [1.29, 1.82) is 0 Å². The summed E-state index contributed by atoms with van der Waals surface area (Å²) in [5, 5.41) is 1.67. The van der Waals surface area contributed by atoms with Gasteiger partial charge in [-0.15, -0.1) is 0 Å². The van der Waals surface area contributed by atoms with Gasteiger partial charge >= 0.3 is 0 Å². The van der Waals surface area contributed by atoms with E-state index in [2.05, 4.69) is 0 Å². The van der Waals surface area contributed by atoms with Gasteiger partial charge in [0.05, 0.1) is 0 Å². The molecule has 3 heteroatoms. The second-order valence-corrected chi connectivity index (χ2v) is 3.17. The van der Waals surface area contributed by atoms with Gasteiger partial charge in [-0.05, 0) is 29.0 Å². The molecule has 0 atom stereocenters. The van der Waals surface area contributed by atoms with Crippen LogP contribution < -0.4 is 5.73 Å². The number of halogens is 2. The third kappa shape index (κ3) is 1.53. The topological polar surface area (TPSA) is 26.0 Å². The molecule has 0 aliphatic rings. The minimum Gasteiger partial charge on any atom is -0.399 e. The fourth-order valence-electron chi connectivity index (χ4n) is 1.42. The molecule has 0 aliphatic carbocycles. The molecule has 0 aromatic heterocycles. The Kier molecular flexibility index (Phi) is 2.08. The number of nitrogen functional groups attached to an aromatic ring is 1. The lowest BCUT2D eigenvalue weighted by Gasteiger charge is -2.03. The number of rotatable bonds is 1. The Hall–Kier alpha value is -1.64. The first-order valence-corrected chi connectivity index (χ1v) is 4.24. The molecule has 0 amide bonds. The fourth-order valence-corrected chi connectivity index (χ4v) is 1.42. The highest BCUT2D eigenvalue weighted by molar-refractivity contribution is 5.85. The van der Waals surface area contributed by atoms with Crippen LogP contribution in [0.25, 0.3) is 10.8 Å². The summed E-state index contributed by atoms with van der Waals surface area (Å²) in [5.41, 5.74) is 6.18. The van der Waals surface area contributed by atoms with Gasteiger partial charge in [0.15, 0.2) is 0 Å². The number of hydrogen-bond donors (Lipinski definition) is 1. The van der Waals surface area contributed by atoms with Crippen LogP contribution in [0, 0.1) is 0 Å². The van der Waals surface area contributed by atoms with Crippen LogP contribution in [0.2, 0.25) is 0 Å². The average Bonchev–Trinajstić information content (AvgIpc) is 2.16. The number of nitrogens with two attached hydrogens (primary N) is 1. The van der Waals surface area contributed by atoms with Crippen molar-refractivity contribution < 1.29 is 8.78 Å². The summed E-state index contributed by atoms with van der Waals surface area (Å²) >= 11 is 0. The minimum atomic E-state index is -2.43. The zero-order valence-corrected chi connectivity index (χ0v) is 7.37. The molecule has 0 unspecified atom stereocenters. The van der Waals surface area contributed by atoms with Crippen molar-refractivity contribution in [2.75, 3.05) is 5.73 Å². The average molecular weight is 193 g/mol. The lowest BCUT2D eigenvalue weighted by Crippen LogP contribution is -1.86. The van der Waals surface area contributed by atoms with Crippen molar-refractivity contribution >= 4 is 16.5 Å². The van der Waals surface area contributed by atoms with Crippen molar-refractivity contribution in [2.45, 2.75) is 6.43 Å². The zero-order valence-electron chi connectivity index (χ0n) is 7.37. The quantitative estimate of drug-likeness (QED) is 0.690. The molecule has 0 spiro atoms. The van der Waals surface area contributed by atoms with E-state index in [0.29, 0.717) is 5.69 Å². The second-order valence-electron chi connectivity index (χ2n) is 3.17. The van der Waals surface area contributed by atoms with Crippen LogP contribution in [0.3, 0.4) is 0 Å². The SMILES string of the molecule is Nc1ccc2ccc(C(F)F)cc2c1. The summed E-state index contributed by atoms with van der Waals surface area (Å²) in [5.74, 6) is 0. The van der Waals surface area contributed by atoms with Crippen LogP contribution in [0.4, 0.5) is 14.5 Å². The summed E-state index contributed by atoms with van der Waals surface area (Å²) in [7, 11) is 0. The molecule has 0 aliphatic heterocycles. The van der Waals surface area contributed by atoms with Crippen LogP contribution in [0.15, 0.2) is 36.4 Å². The van der Waals surface area contributed by atoms with Gasteiger partial charge in [0.1, 0.15) is 0 Å². The maximum Gasteiger partial charge on any atom is 0.263 e. The summed E-state index contributed by atoms with van der Waals surface area (Å²) < 4.78 is 24.7. The Labute approximate surface area is 80.1 Å². The zero-order chi connectivity index (χ0) is 10.1. The number of benzene rings is 2. The Morgan fingerprint density at radius 2 is 1.64 bits per heavy atom. The first-order chi connectivity index (χ1) is 6.66. The van der Waals surface area contributed by atoms with Crippen LogP contribution >= 0.6 is 0 Å². The van der Waals surface area contributed by atoms with Crippen LogP contribution in [0.5, 0.6) is 0 Å². The minimum absolute atomic E-state index is 0.0306. The van der Waals surface area contributed by atoms with Crippen molar-refractivity contribution in [1.82, 2.24) is 0 Å². The molecular formula is C11H9F2N. The van der Waals surface area contributed by atoms with Crippen molar-refractivity contribution in [3.8, 4) is 0 Å².